The highest BCUT2D eigenvalue weighted by atomic mass is 16.7. The number of aliphatic hydroxyl groups is 1. The van der Waals surface area contributed by atoms with Gasteiger partial charge in [0.2, 0.25) is 6.79 Å². The van der Waals surface area contributed by atoms with Crippen LogP contribution in [0.2, 0.25) is 0 Å². The van der Waals surface area contributed by atoms with E-state index in [-0.39, 0.29) is 13.4 Å². The van der Waals surface area contributed by atoms with Gasteiger partial charge < -0.3 is 19.3 Å². The minimum Gasteiger partial charge on any atom is -0.496 e. The van der Waals surface area contributed by atoms with Crippen LogP contribution >= 0.6 is 0 Å². The highest BCUT2D eigenvalue weighted by Gasteiger charge is 2.19. The van der Waals surface area contributed by atoms with E-state index in [2.05, 4.69) is 4.98 Å². The van der Waals surface area contributed by atoms with Crippen LogP contribution in [0.1, 0.15) is 5.69 Å². The molecule has 5 heteroatoms. The smallest absolute Gasteiger partial charge is 0.231 e. The van der Waals surface area contributed by atoms with Crippen LogP contribution in [0.5, 0.6) is 17.2 Å². The van der Waals surface area contributed by atoms with E-state index < -0.39 is 0 Å². The van der Waals surface area contributed by atoms with Gasteiger partial charge in [0.15, 0.2) is 11.5 Å². The molecule has 104 valence electrons. The minimum absolute atomic E-state index is 0.0781. The first-order valence-corrected chi connectivity index (χ1v) is 6.36. The van der Waals surface area contributed by atoms with Gasteiger partial charge in [0.05, 0.1) is 12.8 Å². The number of ether oxygens (including phenoxy) is 3. The summed E-state index contributed by atoms with van der Waals surface area (Å²) in [6.45, 7) is 0.300. The molecule has 0 fully saturated rings. The topological polar surface area (TPSA) is 60.8 Å². The number of methoxy groups -OCH3 is 1. The molecule has 1 N–H and O–H groups in total. The van der Waals surface area contributed by atoms with Crippen LogP contribution in [-0.2, 0) is 6.42 Å². The molecule has 0 saturated heterocycles. The monoisotopic (exact) mass is 273 g/mol. The maximum atomic E-state index is 9.01. The van der Waals surface area contributed by atoms with Crippen molar-refractivity contribution in [2.45, 2.75) is 6.42 Å². The quantitative estimate of drug-likeness (QED) is 0.923. The SMILES string of the molecule is COc1cc2c(cc1-c1cccc(CCO)n1)OCO2. The Kier molecular flexibility index (Phi) is 3.43. The molecule has 1 aromatic heterocycles. The number of aromatic nitrogens is 1. The van der Waals surface area contributed by atoms with Gasteiger partial charge in [0.25, 0.3) is 0 Å². The molecule has 0 bridgehead atoms. The van der Waals surface area contributed by atoms with Crippen molar-refractivity contribution in [3.63, 3.8) is 0 Å². The standard InChI is InChI=1S/C15H15NO4/c1-18-13-8-15-14(19-9-20-15)7-11(13)12-4-2-3-10(16-12)5-6-17/h2-4,7-8,17H,5-6,9H2,1H3. The predicted molar refractivity (Wildman–Crippen MR) is 73.1 cm³/mol. The first kappa shape index (κ1) is 12.7. The number of hydrogen-bond acceptors (Lipinski definition) is 5. The van der Waals surface area contributed by atoms with Gasteiger partial charge in [-0.2, -0.15) is 0 Å². The Morgan fingerprint density at radius 2 is 2.05 bits per heavy atom. The molecule has 0 aliphatic carbocycles. The fourth-order valence-corrected chi connectivity index (χ4v) is 2.18. The average Bonchev–Trinajstić information content (AvgIpc) is 2.93. The van der Waals surface area contributed by atoms with Crippen molar-refractivity contribution in [1.82, 2.24) is 4.98 Å². The lowest BCUT2D eigenvalue weighted by Gasteiger charge is -2.10. The van der Waals surface area contributed by atoms with E-state index >= 15 is 0 Å². The number of benzene rings is 1. The molecule has 5 nitrogen and oxygen atoms in total. The lowest BCUT2D eigenvalue weighted by molar-refractivity contribution is 0.174. The van der Waals surface area contributed by atoms with E-state index in [1.807, 2.05) is 24.3 Å². The second-order valence-electron chi connectivity index (χ2n) is 4.39. The molecule has 20 heavy (non-hydrogen) atoms. The molecule has 0 radical (unpaired) electrons. The molecule has 2 heterocycles. The summed E-state index contributed by atoms with van der Waals surface area (Å²) < 4.78 is 16.1. The van der Waals surface area contributed by atoms with E-state index in [1.165, 1.54) is 0 Å². The summed E-state index contributed by atoms with van der Waals surface area (Å²) in [4.78, 5) is 4.53. The molecule has 3 rings (SSSR count). The van der Waals surface area contributed by atoms with Gasteiger partial charge in [0.1, 0.15) is 5.75 Å². The van der Waals surface area contributed by atoms with Crippen LogP contribution in [0.3, 0.4) is 0 Å². The molecule has 2 aromatic rings. The summed E-state index contributed by atoms with van der Waals surface area (Å²) in [5.74, 6) is 2.05. The van der Waals surface area contributed by atoms with E-state index in [0.717, 1.165) is 17.0 Å². The zero-order chi connectivity index (χ0) is 13.9. The van der Waals surface area contributed by atoms with Crippen molar-refractivity contribution in [3.8, 4) is 28.5 Å². The number of hydrogen-bond donors (Lipinski definition) is 1. The van der Waals surface area contributed by atoms with Gasteiger partial charge >= 0.3 is 0 Å². The Morgan fingerprint density at radius 3 is 2.80 bits per heavy atom. The zero-order valence-electron chi connectivity index (χ0n) is 11.1. The van der Waals surface area contributed by atoms with E-state index in [0.29, 0.717) is 23.7 Å². The highest BCUT2D eigenvalue weighted by molar-refractivity contribution is 5.72. The van der Waals surface area contributed by atoms with Crippen LogP contribution in [0.25, 0.3) is 11.3 Å². The van der Waals surface area contributed by atoms with Crippen molar-refractivity contribution in [2.75, 3.05) is 20.5 Å². The van der Waals surface area contributed by atoms with Gasteiger partial charge in [-0.25, -0.2) is 0 Å². The van der Waals surface area contributed by atoms with Crippen molar-refractivity contribution < 1.29 is 19.3 Å². The molecule has 0 atom stereocenters. The minimum atomic E-state index is 0.0781. The van der Waals surface area contributed by atoms with Crippen molar-refractivity contribution in [2.24, 2.45) is 0 Å². The van der Waals surface area contributed by atoms with E-state index in [1.54, 1.807) is 13.2 Å². The second-order valence-corrected chi connectivity index (χ2v) is 4.39. The largest absolute Gasteiger partial charge is 0.496 e. The number of nitrogens with zero attached hydrogens (tertiary/aromatic N) is 1. The third-order valence-corrected chi connectivity index (χ3v) is 3.15. The van der Waals surface area contributed by atoms with Gasteiger partial charge in [-0.05, 0) is 18.2 Å². The summed E-state index contributed by atoms with van der Waals surface area (Å²) in [6.07, 6.45) is 0.528. The van der Waals surface area contributed by atoms with Crippen LogP contribution in [0.15, 0.2) is 30.3 Å². The molecule has 0 amide bonds. The number of rotatable bonds is 4. The van der Waals surface area contributed by atoms with Crippen LogP contribution in [0.4, 0.5) is 0 Å². The molecule has 0 saturated carbocycles. The van der Waals surface area contributed by atoms with Gasteiger partial charge in [0, 0.05) is 30.4 Å². The van der Waals surface area contributed by atoms with E-state index in [4.69, 9.17) is 19.3 Å². The first-order valence-electron chi connectivity index (χ1n) is 6.36. The van der Waals surface area contributed by atoms with Gasteiger partial charge in [-0.15, -0.1) is 0 Å². The van der Waals surface area contributed by atoms with Gasteiger partial charge in [-0.3, -0.25) is 4.98 Å². The maximum Gasteiger partial charge on any atom is 0.231 e. The summed E-state index contributed by atoms with van der Waals surface area (Å²) in [7, 11) is 1.61. The fourth-order valence-electron chi connectivity index (χ4n) is 2.18. The molecular weight excluding hydrogens is 258 g/mol. The van der Waals surface area contributed by atoms with Crippen molar-refractivity contribution in [3.05, 3.63) is 36.0 Å². The van der Waals surface area contributed by atoms with Crippen LogP contribution < -0.4 is 14.2 Å². The molecule has 0 spiro atoms. The fraction of sp³-hybridized carbons (Fsp3) is 0.267. The second kappa shape index (κ2) is 5.38. The third-order valence-electron chi connectivity index (χ3n) is 3.15. The van der Waals surface area contributed by atoms with E-state index in [9.17, 15) is 0 Å². The number of fused-ring (bicyclic) bond motifs is 1. The van der Waals surface area contributed by atoms with Crippen molar-refractivity contribution in [1.29, 1.82) is 0 Å². The highest BCUT2D eigenvalue weighted by Crippen LogP contribution is 2.41. The van der Waals surface area contributed by atoms with Gasteiger partial charge in [-0.1, -0.05) is 6.07 Å². The first-order chi connectivity index (χ1) is 9.81. The summed E-state index contributed by atoms with van der Waals surface area (Å²) in [5, 5.41) is 9.01. The summed E-state index contributed by atoms with van der Waals surface area (Å²) in [6, 6.07) is 9.38. The average molecular weight is 273 g/mol. The summed E-state index contributed by atoms with van der Waals surface area (Å²) >= 11 is 0. The Labute approximate surface area is 116 Å². The Morgan fingerprint density at radius 1 is 1.25 bits per heavy atom. The predicted octanol–water partition coefficient (Wildman–Crippen LogP) is 2.02. The lowest BCUT2D eigenvalue weighted by Crippen LogP contribution is -1.97. The molecule has 1 aliphatic heterocycles. The van der Waals surface area contributed by atoms with Crippen molar-refractivity contribution >= 4 is 0 Å². The molecule has 1 aliphatic rings. The summed E-state index contributed by atoms with van der Waals surface area (Å²) in [5.41, 5.74) is 2.47. The Balaban J connectivity index is 2.06. The molecule has 0 unspecified atom stereocenters. The Bertz CT molecular complexity index is 627. The van der Waals surface area contributed by atoms with Crippen LogP contribution in [-0.4, -0.2) is 30.6 Å². The van der Waals surface area contributed by atoms with Crippen LogP contribution in [0, 0.1) is 0 Å². The number of aliphatic hydroxyl groups excluding tert-OH is 1. The lowest BCUT2D eigenvalue weighted by atomic mass is 10.1. The molecular formula is C15H15NO4. The maximum absolute atomic E-state index is 9.01. The third kappa shape index (κ3) is 2.28. The normalized spacial score (nSPS) is 12.5. The Hall–Kier alpha value is -2.27. The zero-order valence-corrected chi connectivity index (χ0v) is 11.1. The molecule has 1 aromatic carbocycles. The number of pyridine rings is 1.